The highest BCUT2D eigenvalue weighted by Crippen LogP contribution is 2.52. The molecule has 0 spiro atoms. The predicted octanol–water partition coefficient (Wildman–Crippen LogP) is 2.43. The van der Waals surface area contributed by atoms with Crippen molar-refractivity contribution in [3.05, 3.63) is 53.3 Å². The van der Waals surface area contributed by atoms with E-state index in [2.05, 4.69) is 29.4 Å². The summed E-state index contributed by atoms with van der Waals surface area (Å²) in [6.07, 6.45) is 6.09. The SMILES string of the molecule is Cn1ccc(C2(O)C3CCC2Cc2ccccc2C3)n1. The second-order valence-electron chi connectivity index (χ2n) is 6.35. The van der Waals surface area contributed by atoms with Gasteiger partial charge in [0, 0.05) is 13.2 Å². The zero-order chi connectivity index (χ0) is 13.7. The quantitative estimate of drug-likeness (QED) is 0.862. The van der Waals surface area contributed by atoms with E-state index in [9.17, 15) is 5.11 Å². The van der Waals surface area contributed by atoms with Crippen molar-refractivity contribution in [1.29, 1.82) is 0 Å². The number of aryl methyl sites for hydroxylation is 1. The Morgan fingerprint density at radius 3 is 2.20 bits per heavy atom. The number of benzene rings is 1. The van der Waals surface area contributed by atoms with Crippen LogP contribution in [-0.4, -0.2) is 14.9 Å². The molecule has 1 heterocycles. The summed E-state index contributed by atoms with van der Waals surface area (Å²) >= 11 is 0. The van der Waals surface area contributed by atoms with E-state index in [-0.39, 0.29) is 0 Å². The van der Waals surface area contributed by atoms with Gasteiger partial charge in [0.15, 0.2) is 0 Å². The van der Waals surface area contributed by atoms with Gasteiger partial charge in [-0.15, -0.1) is 0 Å². The van der Waals surface area contributed by atoms with Gasteiger partial charge >= 0.3 is 0 Å². The Morgan fingerprint density at radius 1 is 1.10 bits per heavy atom. The fourth-order valence-electron chi connectivity index (χ4n) is 4.22. The highest BCUT2D eigenvalue weighted by molar-refractivity contribution is 5.33. The van der Waals surface area contributed by atoms with Crippen LogP contribution in [0.1, 0.15) is 29.7 Å². The molecule has 2 aromatic rings. The van der Waals surface area contributed by atoms with Crippen molar-refractivity contribution < 1.29 is 5.11 Å². The number of hydrogen-bond donors (Lipinski definition) is 1. The molecule has 0 saturated heterocycles. The summed E-state index contributed by atoms with van der Waals surface area (Å²) in [5.74, 6) is 0.595. The predicted molar refractivity (Wildman–Crippen MR) is 77.2 cm³/mol. The van der Waals surface area contributed by atoms with Crippen LogP contribution in [-0.2, 0) is 25.5 Å². The molecular weight excluding hydrogens is 248 g/mol. The molecule has 1 N–H and O–H groups in total. The third-order valence-corrected chi connectivity index (χ3v) is 5.28. The topological polar surface area (TPSA) is 38.0 Å². The Hall–Kier alpha value is -1.61. The molecule has 104 valence electrons. The molecule has 0 aliphatic heterocycles. The molecule has 2 aliphatic rings. The Balaban J connectivity index is 1.81. The van der Waals surface area contributed by atoms with Crippen molar-refractivity contribution in [1.82, 2.24) is 9.78 Å². The molecular formula is C17H20N2O. The van der Waals surface area contributed by atoms with Gasteiger partial charge in [-0.1, -0.05) is 24.3 Å². The van der Waals surface area contributed by atoms with Crippen LogP contribution in [0, 0.1) is 11.8 Å². The monoisotopic (exact) mass is 268 g/mol. The minimum Gasteiger partial charge on any atom is -0.383 e. The second-order valence-corrected chi connectivity index (χ2v) is 6.35. The fourth-order valence-corrected chi connectivity index (χ4v) is 4.22. The highest BCUT2D eigenvalue weighted by atomic mass is 16.3. The van der Waals surface area contributed by atoms with Crippen molar-refractivity contribution in [2.75, 3.05) is 0 Å². The van der Waals surface area contributed by atoms with E-state index in [1.807, 2.05) is 19.3 Å². The van der Waals surface area contributed by atoms with Gasteiger partial charge in [0.25, 0.3) is 0 Å². The van der Waals surface area contributed by atoms with Gasteiger partial charge in [-0.25, -0.2) is 0 Å². The maximum Gasteiger partial charge on any atom is 0.115 e. The Kier molecular flexibility index (Phi) is 2.55. The average molecular weight is 268 g/mol. The fraction of sp³-hybridized carbons (Fsp3) is 0.471. The van der Waals surface area contributed by atoms with Crippen LogP contribution in [0.15, 0.2) is 36.5 Å². The number of aromatic nitrogens is 2. The smallest absolute Gasteiger partial charge is 0.115 e. The maximum atomic E-state index is 11.4. The molecule has 3 nitrogen and oxygen atoms in total. The van der Waals surface area contributed by atoms with Crippen molar-refractivity contribution in [3.63, 3.8) is 0 Å². The van der Waals surface area contributed by atoms with Gasteiger partial charge in [0.1, 0.15) is 5.60 Å². The molecule has 1 aromatic carbocycles. The van der Waals surface area contributed by atoms with Gasteiger partial charge in [-0.3, -0.25) is 4.68 Å². The molecule has 0 radical (unpaired) electrons. The normalized spacial score (nSPS) is 31.9. The number of rotatable bonds is 1. The minimum absolute atomic E-state index is 0.297. The van der Waals surface area contributed by atoms with Crippen LogP contribution >= 0.6 is 0 Å². The summed E-state index contributed by atoms with van der Waals surface area (Å²) in [5.41, 5.74) is 2.93. The first-order valence-corrected chi connectivity index (χ1v) is 7.47. The standard InChI is InChI=1S/C17H20N2O/c1-19-9-8-16(18-19)17(20)14-6-7-15(17)11-13-5-3-2-4-12(13)10-14/h2-5,8-9,14-15,20H,6-7,10-11H2,1H3. The first-order valence-electron chi connectivity index (χ1n) is 7.47. The zero-order valence-electron chi connectivity index (χ0n) is 11.8. The lowest BCUT2D eigenvalue weighted by Gasteiger charge is -2.32. The van der Waals surface area contributed by atoms with Crippen LogP contribution < -0.4 is 0 Å². The summed E-state index contributed by atoms with van der Waals surface area (Å²) in [7, 11) is 1.92. The second kappa shape index (κ2) is 4.19. The molecule has 2 bridgehead atoms. The van der Waals surface area contributed by atoms with E-state index in [0.717, 1.165) is 31.4 Å². The molecule has 2 atom stereocenters. The van der Waals surface area contributed by atoms with Crippen LogP contribution in [0.3, 0.4) is 0 Å². The summed E-state index contributed by atoms with van der Waals surface area (Å²) in [4.78, 5) is 0. The van der Waals surface area contributed by atoms with Crippen molar-refractivity contribution in [2.24, 2.45) is 18.9 Å². The van der Waals surface area contributed by atoms with E-state index in [4.69, 9.17) is 0 Å². The van der Waals surface area contributed by atoms with Gasteiger partial charge < -0.3 is 5.11 Å². The van der Waals surface area contributed by atoms with Crippen LogP contribution in [0.25, 0.3) is 0 Å². The first kappa shape index (κ1) is 12.2. The van der Waals surface area contributed by atoms with Crippen LogP contribution in [0.5, 0.6) is 0 Å². The zero-order valence-corrected chi connectivity index (χ0v) is 11.8. The van der Waals surface area contributed by atoms with Crippen molar-refractivity contribution in [2.45, 2.75) is 31.3 Å². The van der Waals surface area contributed by atoms with E-state index in [1.54, 1.807) is 4.68 Å². The molecule has 1 saturated carbocycles. The van der Waals surface area contributed by atoms with E-state index in [1.165, 1.54) is 11.1 Å². The molecule has 2 aliphatic carbocycles. The molecule has 3 heteroatoms. The van der Waals surface area contributed by atoms with E-state index >= 15 is 0 Å². The number of hydrogen-bond acceptors (Lipinski definition) is 2. The summed E-state index contributed by atoms with van der Waals surface area (Å²) in [6, 6.07) is 10.6. The Labute approximate surface area is 119 Å². The lowest BCUT2D eigenvalue weighted by molar-refractivity contribution is -0.0437. The maximum absolute atomic E-state index is 11.4. The summed E-state index contributed by atoms with van der Waals surface area (Å²) in [5, 5.41) is 15.9. The highest BCUT2D eigenvalue weighted by Gasteiger charge is 2.52. The average Bonchev–Trinajstić information content (AvgIpc) is 2.94. The summed E-state index contributed by atoms with van der Waals surface area (Å²) < 4.78 is 1.80. The van der Waals surface area contributed by atoms with Gasteiger partial charge in [-0.2, -0.15) is 5.10 Å². The number of fused-ring (bicyclic) bond motifs is 3. The third-order valence-electron chi connectivity index (χ3n) is 5.28. The Bertz CT molecular complexity index is 613. The third kappa shape index (κ3) is 1.59. The lowest BCUT2D eigenvalue weighted by Crippen LogP contribution is -2.37. The van der Waals surface area contributed by atoms with Crippen molar-refractivity contribution >= 4 is 0 Å². The largest absolute Gasteiger partial charge is 0.383 e. The molecule has 20 heavy (non-hydrogen) atoms. The van der Waals surface area contributed by atoms with Gasteiger partial charge in [0.05, 0.1) is 5.69 Å². The molecule has 1 fully saturated rings. The molecule has 4 rings (SSSR count). The number of aliphatic hydroxyl groups is 1. The van der Waals surface area contributed by atoms with Gasteiger partial charge in [-0.05, 0) is 54.7 Å². The summed E-state index contributed by atoms with van der Waals surface area (Å²) in [6.45, 7) is 0. The van der Waals surface area contributed by atoms with Crippen LogP contribution in [0.4, 0.5) is 0 Å². The lowest BCUT2D eigenvalue weighted by atomic mass is 9.80. The molecule has 2 unspecified atom stereocenters. The van der Waals surface area contributed by atoms with E-state index < -0.39 is 5.60 Å². The minimum atomic E-state index is -0.750. The first-order chi connectivity index (χ1) is 9.68. The van der Waals surface area contributed by atoms with Crippen LogP contribution in [0.2, 0.25) is 0 Å². The van der Waals surface area contributed by atoms with Gasteiger partial charge in [0.2, 0.25) is 0 Å². The number of nitrogens with zero attached hydrogens (tertiary/aromatic N) is 2. The van der Waals surface area contributed by atoms with E-state index in [0.29, 0.717) is 11.8 Å². The Morgan fingerprint density at radius 2 is 1.70 bits per heavy atom. The molecule has 0 amide bonds. The van der Waals surface area contributed by atoms with Crippen molar-refractivity contribution in [3.8, 4) is 0 Å². The molecule has 1 aromatic heterocycles.